The minimum Gasteiger partial charge on any atom is -0.496 e. The first kappa shape index (κ1) is 20.3. The van der Waals surface area contributed by atoms with E-state index < -0.39 is 11.8 Å². The molecular weight excluding hydrogens is 363 g/mol. The monoisotopic (exact) mass is 383 g/mol. The Morgan fingerprint density at radius 3 is 2.42 bits per heavy atom. The van der Waals surface area contributed by atoms with E-state index >= 15 is 0 Å². The Morgan fingerprint density at radius 1 is 1.19 bits per heavy atom. The first-order valence-corrected chi connectivity index (χ1v) is 9.03. The number of methoxy groups -OCH3 is 1. The molecule has 1 atom stereocenters. The van der Waals surface area contributed by atoms with Gasteiger partial charge in [0, 0.05) is 22.7 Å². The van der Waals surface area contributed by atoms with E-state index in [1.54, 1.807) is 32.4 Å². The van der Waals surface area contributed by atoms with Gasteiger partial charge in [0.25, 0.3) is 0 Å². The normalized spacial score (nSPS) is 14.5. The molecule has 0 saturated carbocycles. The molecule has 0 saturated heterocycles. The summed E-state index contributed by atoms with van der Waals surface area (Å²) in [5.41, 5.74) is -2.85. The minimum atomic E-state index is -4.95. The fraction of sp³-hybridized carbons (Fsp3) is 0.316. The number of benzene rings is 2. The molecule has 140 valence electrons. The Labute approximate surface area is 154 Å². The zero-order valence-electron chi connectivity index (χ0n) is 14.9. The van der Waals surface area contributed by atoms with Crippen LogP contribution in [0.2, 0.25) is 0 Å². The molecule has 7 heteroatoms. The summed E-state index contributed by atoms with van der Waals surface area (Å²) >= 11 is 1.30. The maximum Gasteiger partial charge on any atom is 0.425 e. The summed E-state index contributed by atoms with van der Waals surface area (Å²) in [4.78, 5) is 4.75. The fourth-order valence-electron chi connectivity index (χ4n) is 2.73. The summed E-state index contributed by atoms with van der Waals surface area (Å²) in [7, 11) is 1.27. The Hall–Kier alpha value is -1.99. The van der Waals surface area contributed by atoms with Crippen LogP contribution in [0, 0.1) is 6.92 Å². The molecule has 1 unspecified atom stereocenters. The number of nitrogens with zero attached hydrogens (tertiary/aromatic N) is 1. The van der Waals surface area contributed by atoms with Crippen LogP contribution < -0.4 is 4.74 Å². The van der Waals surface area contributed by atoms with E-state index in [9.17, 15) is 18.3 Å². The minimum absolute atomic E-state index is 0.0782. The summed E-state index contributed by atoms with van der Waals surface area (Å²) in [6.45, 7) is 3.35. The van der Waals surface area contributed by atoms with Gasteiger partial charge >= 0.3 is 6.18 Å². The van der Waals surface area contributed by atoms with Gasteiger partial charge in [-0.15, -0.1) is 11.8 Å². The van der Waals surface area contributed by atoms with Gasteiger partial charge in [-0.25, -0.2) is 0 Å². The van der Waals surface area contributed by atoms with E-state index in [1.165, 1.54) is 49.2 Å². The van der Waals surface area contributed by atoms with Crippen molar-refractivity contribution < 1.29 is 23.0 Å². The summed E-state index contributed by atoms with van der Waals surface area (Å²) in [6, 6.07) is 8.46. The molecule has 0 bridgehead atoms. The number of halogens is 3. The Bertz CT molecular complexity index is 821. The first-order valence-electron chi connectivity index (χ1n) is 7.80. The number of rotatable bonds is 5. The maximum atomic E-state index is 14.1. The highest BCUT2D eigenvalue weighted by molar-refractivity contribution is 7.98. The van der Waals surface area contributed by atoms with Crippen molar-refractivity contribution in [2.24, 2.45) is 4.99 Å². The zero-order chi connectivity index (χ0) is 19.5. The van der Waals surface area contributed by atoms with Crippen molar-refractivity contribution in [1.82, 2.24) is 0 Å². The van der Waals surface area contributed by atoms with Gasteiger partial charge in [-0.2, -0.15) is 13.2 Å². The highest BCUT2D eigenvalue weighted by Gasteiger charge is 2.57. The highest BCUT2D eigenvalue weighted by Crippen LogP contribution is 2.49. The van der Waals surface area contributed by atoms with Crippen molar-refractivity contribution in [3.05, 3.63) is 53.1 Å². The van der Waals surface area contributed by atoms with E-state index in [-0.39, 0.29) is 16.9 Å². The number of aliphatic hydroxyl groups is 1. The summed E-state index contributed by atoms with van der Waals surface area (Å²) in [5, 5.41) is 10.9. The zero-order valence-corrected chi connectivity index (χ0v) is 15.7. The molecule has 26 heavy (non-hydrogen) atoms. The Morgan fingerprint density at radius 2 is 1.88 bits per heavy atom. The van der Waals surface area contributed by atoms with Crippen molar-refractivity contribution in [1.29, 1.82) is 0 Å². The van der Waals surface area contributed by atoms with Crippen LogP contribution in [0.25, 0.3) is 0 Å². The van der Waals surface area contributed by atoms with Gasteiger partial charge in [-0.05, 0) is 49.4 Å². The third-order valence-electron chi connectivity index (χ3n) is 4.07. The van der Waals surface area contributed by atoms with Crippen LogP contribution >= 0.6 is 11.8 Å². The van der Waals surface area contributed by atoms with Crippen LogP contribution in [0.15, 0.2) is 46.3 Å². The lowest BCUT2D eigenvalue weighted by atomic mass is 9.84. The molecule has 0 radical (unpaired) electrons. The Balaban J connectivity index is 2.81. The van der Waals surface area contributed by atoms with Crippen LogP contribution in [0.3, 0.4) is 0 Å². The third-order valence-corrected chi connectivity index (χ3v) is 4.80. The van der Waals surface area contributed by atoms with Crippen molar-refractivity contribution in [3.8, 4) is 5.75 Å². The molecule has 0 aromatic heterocycles. The molecule has 0 spiro atoms. The van der Waals surface area contributed by atoms with Gasteiger partial charge in [0.05, 0.1) is 12.8 Å². The lowest BCUT2D eigenvalue weighted by molar-refractivity contribution is -0.248. The molecule has 0 amide bonds. The van der Waals surface area contributed by atoms with Gasteiger partial charge in [0.2, 0.25) is 5.60 Å². The highest BCUT2D eigenvalue weighted by atomic mass is 32.2. The molecule has 0 heterocycles. The summed E-state index contributed by atoms with van der Waals surface area (Å²) in [5.74, 6) is -0.0782. The van der Waals surface area contributed by atoms with Crippen LogP contribution in [-0.4, -0.2) is 30.9 Å². The van der Waals surface area contributed by atoms with Gasteiger partial charge in [0.1, 0.15) is 5.75 Å². The van der Waals surface area contributed by atoms with E-state index in [2.05, 4.69) is 4.99 Å². The number of alkyl halides is 3. The second kappa shape index (κ2) is 7.72. The molecule has 0 aliphatic heterocycles. The standard InChI is InChI=1S/C19H20F3NO2S/c1-5-23-16-11-17(25-3)15(9-12(16)2)18(24,19(20,21)22)13-7-6-8-14(10-13)26-4/h5-11,24H,1-4H3/b23-5+. The van der Waals surface area contributed by atoms with Crippen molar-refractivity contribution in [2.75, 3.05) is 13.4 Å². The lowest BCUT2D eigenvalue weighted by Crippen LogP contribution is -2.43. The van der Waals surface area contributed by atoms with Crippen molar-refractivity contribution in [2.45, 2.75) is 30.5 Å². The number of ether oxygens (including phenoxy) is 1. The molecule has 2 rings (SSSR count). The molecule has 3 nitrogen and oxygen atoms in total. The summed E-state index contributed by atoms with van der Waals surface area (Å²) < 4.78 is 47.4. The second-order valence-corrected chi connectivity index (χ2v) is 6.55. The molecular formula is C19H20F3NO2S. The molecule has 0 aliphatic carbocycles. The Kier molecular flexibility index (Phi) is 6.03. The maximum absolute atomic E-state index is 14.1. The predicted molar refractivity (Wildman–Crippen MR) is 98.8 cm³/mol. The van der Waals surface area contributed by atoms with Gasteiger partial charge in [-0.1, -0.05) is 12.1 Å². The van der Waals surface area contributed by atoms with E-state index in [0.717, 1.165) is 0 Å². The topological polar surface area (TPSA) is 41.8 Å². The molecule has 2 aromatic carbocycles. The average Bonchev–Trinajstić information content (AvgIpc) is 2.61. The first-order chi connectivity index (χ1) is 12.2. The van der Waals surface area contributed by atoms with E-state index in [1.807, 2.05) is 0 Å². The lowest BCUT2D eigenvalue weighted by Gasteiger charge is -2.33. The summed E-state index contributed by atoms with van der Waals surface area (Å²) in [6.07, 6.45) is -1.65. The molecule has 0 aliphatic rings. The van der Waals surface area contributed by atoms with Crippen molar-refractivity contribution in [3.63, 3.8) is 0 Å². The second-order valence-electron chi connectivity index (χ2n) is 5.67. The third kappa shape index (κ3) is 3.59. The van der Waals surface area contributed by atoms with Crippen molar-refractivity contribution >= 4 is 23.7 Å². The SMILES string of the molecule is C/C=N/c1cc(OC)c(C(O)(c2cccc(SC)c2)C(F)(F)F)cc1C. The van der Waals surface area contributed by atoms with Gasteiger partial charge in [0.15, 0.2) is 0 Å². The molecule has 2 aromatic rings. The van der Waals surface area contributed by atoms with Crippen LogP contribution in [-0.2, 0) is 5.60 Å². The van der Waals surface area contributed by atoms with Crippen LogP contribution in [0.5, 0.6) is 5.75 Å². The number of aliphatic imine (C=N–C) groups is 1. The molecule has 1 N–H and O–H groups in total. The largest absolute Gasteiger partial charge is 0.496 e. The van der Waals surface area contributed by atoms with Gasteiger partial charge in [-0.3, -0.25) is 4.99 Å². The number of aryl methyl sites for hydroxylation is 1. The average molecular weight is 383 g/mol. The number of thioether (sulfide) groups is 1. The molecule has 0 fully saturated rings. The van der Waals surface area contributed by atoms with Gasteiger partial charge < -0.3 is 9.84 Å². The van der Waals surface area contributed by atoms with E-state index in [0.29, 0.717) is 16.1 Å². The smallest absolute Gasteiger partial charge is 0.425 e. The quantitative estimate of drug-likeness (QED) is 0.567. The fourth-order valence-corrected chi connectivity index (χ4v) is 3.19. The van der Waals surface area contributed by atoms with E-state index in [4.69, 9.17) is 4.74 Å². The number of hydrogen-bond donors (Lipinski definition) is 1. The number of hydrogen-bond acceptors (Lipinski definition) is 4. The predicted octanol–water partition coefficient (Wildman–Crippen LogP) is 5.25. The van der Waals surface area contributed by atoms with Crippen LogP contribution in [0.1, 0.15) is 23.6 Å². The van der Waals surface area contributed by atoms with Crippen LogP contribution in [0.4, 0.5) is 18.9 Å².